The molecule has 1 heterocycles. The van der Waals surface area contributed by atoms with Gasteiger partial charge in [-0.1, -0.05) is 31.4 Å². The summed E-state index contributed by atoms with van der Waals surface area (Å²) in [6.45, 7) is 6.89. The number of hydrogen-bond donors (Lipinski definition) is 0. The van der Waals surface area contributed by atoms with Crippen LogP contribution < -0.4 is 4.57 Å². The van der Waals surface area contributed by atoms with Crippen LogP contribution in [0.1, 0.15) is 64.4 Å². The zero-order valence-corrected chi connectivity index (χ0v) is 13.0. The number of nitrogens with zero attached hydrogens (tertiary/aromatic N) is 1. The molecule has 0 unspecified atom stereocenters. The van der Waals surface area contributed by atoms with Crippen molar-refractivity contribution in [1.82, 2.24) is 0 Å². The van der Waals surface area contributed by atoms with Gasteiger partial charge in [-0.05, 0) is 30.9 Å². The second kappa shape index (κ2) is 5.20. The van der Waals surface area contributed by atoms with Crippen LogP contribution >= 0.6 is 0 Å². The van der Waals surface area contributed by atoms with Crippen molar-refractivity contribution in [3.8, 4) is 0 Å². The summed E-state index contributed by atoms with van der Waals surface area (Å²) in [6.07, 6.45) is 9.35. The highest BCUT2D eigenvalue weighted by Crippen LogP contribution is 2.33. The molecule has 0 amide bonds. The van der Waals surface area contributed by atoms with E-state index < -0.39 is 0 Å². The third-order valence-electron chi connectivity index (χ3n) is 4.60. The molecule has 2 aromatic rings. The van der Waals surface area contributed by atoms with Gasteiger partial charge < -0.3 is 0 Å². The van der Waals surface area contributed by atoms with Gasteiger partial charge in [0.2, 0.25) is 5.52 Å². The van der Waals surface area contributed by atoms with Crippen molar-refractivity contribution < 1.29 is 4.57 Å². The van der Waals surface area contributed by atoms with Gasteiger partial charge >= 0.3 is 0 Å². The van der Waals surface area contributed by atoms with Crippen LogP contribution in [0.4, 0.5) is 0 Å². The van der Waals surface area contributed by atoms with E-state index in [-0.39, 0.29) is 5.54 Å². The van der Waals surface area contributed by atoms with E-state index in [2.05, 4.69) is 61.9 Å². The third kappa shape index (κ3) is 2.59. The second-order valence-corrected chi connectivity index (χ2v) is 7.21. The summed E-state index contributed by atoms with van der Waals surface area (Å²) in [5.41, 5.74) is 3.02. The topological polar surface area (TPSA) is 3.88 Å². The van der Waals surface area contributed by atoms with Crippen LogP contribution in [0.3, 0.4) is 0 Å². The quantitative estimate of drug-likeness (QED) is 0.646. The maximum Gasteiger partial charge on any atom is 0.212 e. The molecule has 0 bridgehead atoms. The highest BCUT2D eigenvalue weighted by molar-refractivity contribution is 5.76. The number of hydrogen-bond acceptors (Lipinski definition) is 0. The summed E-state index contributed by atoms with van der Waals surface area (Å²) < 4.78 is 2.46. The molecule has 1 aliphatic carbocycles. The van der Waals surface area contributed by atoms with Gasteiger partial charge in [0, 0.05) is 37.8 Å². The zero-order chi connectivity index (χ0) is 14.2. The van der Waals surface area contributed by atoms with Crippen LogP contribution in [-0.2, 0) is 5.54 Å². The van der Waals surface area contributed by atoms with E-state index in [4.69, 9.17) is 0 Å². The highest BCUT2D eigenvalue weighted by atomic mass is 15.0. The number of para-hydroxylation sites is 1. The Morgan fingerprint density at radius 1 is 1.00 bits per heavy atom. The van der Waals surface area contributed by atoms with Gasteiger partial charge in [-0.3, -0.25) is 0 Å². The summed E-state index contributed by atoms with van der Waals surface area (Å²) in [7, 11) is 0. The van der Waals surface area contributed by atoms with E-state index in [1.54, 1.807) is 5.56 Å². The standard InChI is InChI=1S/C19H26N/c1-19(2,3)20-14-17(15-9-5-4-6-10-15)13-16-11-7-8-12-18(16)20/h7-8,11-15H,4-6,9-10H2,1-3H3/q+1. The van der Waals surface area contributed by atoms with Crippen LogP contribution in [0.25, 0.3) is 10.9 Å². The molecule has 0 atom stereocenters. The fourth-order valence-electron chi connectivity index (χ4n) is 3.48. The highest BCUT2D eigenvalue weighted by Gasteiger charge is 2.27. The van der Waals surface area contributed by atoms with Crippen LogP contribution in [0.5, 0.6) is 0 Å². The van der Waals surface area contributed by atoms with Gasteiger partial charge in [0.25, 0.3) is 0 Å². The minimum Gasteiger partial charge on any atom is -0.194 e. The normalized spacial score (nSPS) is 17.6. The Hall–Kier alpha value is -1.37. The molecule has 0 saturated heterocycles. The smallest absolute Gasteiger partial charge is 0.194 e. The minimum atomic E-state index is 0.129. The maximum absolute atomic E-state index is 2.46. The number of rotatable bonds is 1. The van der Waals surface area contributed by atoms with Crippen molar-refractivity contribution in [2.75, 3.05) is 0 Å². The van der Waals surface area contributed by atoms with Gasteiger partial charge in [-0.15, -0.1) is 0 Å². The van der Waals surface area contributed by atoms with Crippen LogP contribution in [0.2, 0.25) is 0 Å². The summed E-state index contributed by atoms with van der Waals surface area (Å²) in [5, 5.41) is 1.38. The van der Waals surface area contributed by atoms with E-state index in [1.807, 2.05) is 0 Å². The van der Waals surface area contributed by atoms with Gasteiger partial charge in [-0.25, -0.2) is 0 Å². The van der Waals surface area contributed by atoms with Crippen LogP contribution in [0, 0.1) is 0 Å². The van der Waals surface area contributed by atoms with Crippen molar-refractivity contribution in [1.29, 1.82) is 0 Å². The number of fused-ring (bicyclic) bond motifs is 1. The summed E-state index contributed by atoms with van der Waals surface area (Å²) in [4.78, 5) is 0. The SMILES string of the molecule is CC(C)(C)[n+]1cc(C2CCCCC2)cc2ccccc21. The van der Waals surface area contributed by atoms with Gasteiger partial charge in [0.1, 0.15) is 0 Å². The predicted molar refractivity (Wildman–Crippen MR) is 85.0 cm³/mol. The molecule has 0 N–H and O–H groups in total. The van der Waals surface area contributed by atoms with E-state index in [0.717, 1.165) is 5.92 Å². The molecule has 1 heteroatoms. The van der Waals surface area contributed by atoms with Crippen molar-refractivity contribution in [3.63, 3.8) is 0 Å². The van der Waals surface area contributed by atoms with E-state index in [9.17, 15) is 0 Å². The number of aromatic nitrogens is 1. The molecule has 0 radical (unpaired) electrons. The Morgan fingerprint density at radius 3 is 2.40 bits per heavy atom. The Balaban J connectivity index is 2.14. The second-order valence-electron chi connectivity index (χ2n) is 7.21. The monoisotopic (exact) mass is 268 g/mol. The van der Waals surface area contributed by atoms with E-state index in [0.29, 0.717) is 0 Å². The first-order valence-corrected chi connectivity index (χ1v) is 8.00. The molecule has 1 saturated carbocycles. The number of benzene rings is 1. The lowest BCUT2D eigenvalue weighted by atomic mass is 9.84. The lowest BCUT2D eigenvalue weighted by molar-refractivity contribution is -0.731. The largest absolute Gasteiger partial charge is 0.212 e. The molecular formula is C19H26N+. The Morgan fingerprint density at radius 2 is 1.70 bits per heavy atom. The molecule has 20 heavy (non-hydrogen) atoms. The van der Waals surface area contributed by atoms with Crippen molar-refractivity contribution >= 4 is 10.9 Å². The molecular weight excluding hydrogens is 242 g/mol. The lowest BCUT2D eigenvalue weighted by Gasteiger charge is -2.23. The fourth-order valence-corrected chi connectivity index (χ4v) is 3.48. The molecule has 0 spiro atoms. The molecule has 1 aromatic carbocycles. The van der Waals surface area contributed by atoms with Gasteiger partial charge in [-0.2, -0.15) is 4.57 Å². The first kappa shape index (κ1) is 13.6. The lowest BCUT2D eigenvalue weighted by Crippen LogP contribution is -2.50. The Kier molecular flexibility index (Phi) is 3.54. The molecule has 1 fully saturated rings. The van der Waals surface area contributed by atoms with Crippen molar-refractivity contribution in [3.05, 3.63) is 42.1 Å². The maximum atomic E-state index is 2.46. The van der Waals surface area contributed by atoms with Crippen LogP contribution in [-0.4, -0.2) is 0 Å². The van der Waals surface area contributed by atoms with Crippen molar-refractivity contribution in [2.45, 2.75) is 64.3 Å². The summed E-state index contributed by atoms with van der Waals surface area (Å²) >= 11 is 0. The first-order valence-electron chi connectivity index (χ1n) is 8.00. The predicted octanol–water partition coefficient (Wildman–Crippen LogP) is 4.93. The molecule has 3 rings (SSSR count). The molecule has 1 aromatic heterocycles. The molecule has 1 nitrogen and oxygen atoms in total. The number of pyridine rings is 1. The Bertz CT molecular complexity index is 601. The molecule has 106 valence electrons. The van der Waals surface area contributed by atoms with E-state index in [1.165, 1.54) is 43.0 Å². The Labute approximate surface area is 122 Å². The molecule has 1 aliphatic rings. The minimum absolute atomic E-state index is 0.129. The van der Waals surface area contributed by atoms with E-state index >= 15 is 0 Å². The van der Waals surface area contributed by atoms with Gasteiger partial charge in [0.15, 0.2) is 11.7 Å². The summed E-state index contributed by atoms with van der Waals surface area (Å²) in [5.74, 6) is 0.766. The molecule has 0 aliphatic heterocycles. The third-order valence-corrected chi connectivity index (χ3v) is 4.60. The van der Waals surface area contributed by atoms with Crippen LogP contribution in [0.15, 0.2) is 36.5 Å². The first-order chi connectivity index (χ1) is 9.55. The van der Waals surface area contributed by atoms with Gasteiger partial charge in [0.05, 0.1) is 0 Å². The average Bonchev–Trinajstić information content (AvgIpc) is 2.46. The zero-order valence-electron chi connectivity index (χ0n) is 13.0. The fraction of sp³-hybridized carbons (Fsp3) is 0.526. The van der Waals surface area contributed by atoms with Crippen molar-refractivity contribution in [2.24, 2.45) is 0 Å². The summed E-state index contributed by atoms with van der Waals surface area (Å²) in [6, 6.07) is 11.2. The average molecular weight is 268 g/mol.